The summed E-state index contributed by atoms with van der Waals surface area (Å²) in [6.07, 6.45) is 1.41. The molecule has 0 aromatic heterocycles. The summed E-state index contributed by atoms with van der Waals surface area (Å²) in [6, 6.07) is 11.7. The number of carbonyl (C=O) groups is 1. The maximum Gasteiger partial charge on any atom is 0.277 e. The third kappa shape index (κ3) is 4.91. The summed E-state index contributed by atoms with van der Waals surface area (Å²) in [4.78, 5) is 11.7. The van der Waals surface area contributed by atoms with Gasteiger partial charge in [-0.15, -0.1) is 0 Å². The Hall–Kier alpha value is -3.22. The lowest BCUT2D eigenvalue weighted by molar-refractivity contribution is -0.123. The summed E-state index contributed by atoms with van der Waals surface area (Å²) >= 11 is 0. The van der Waals surface area contributed by atoms with E-state index in [2.05, 4.69) is 10.5 Å². The van der Waals surface area contributed by atoms with Gasteiger partial charge in [0.1, 0.15) is 11.5 Å². The molecule has 0 aliphatic rings. The first-order valence-electron chi connectivity index (χ1n) is 7.08. The van der Waals surface area contributed by atoms with Crippen molar-refractivity contribution in [2.24, 2.45) is 5.10 Å². The molecule has 0 unspecified atom stereocenters. The number of methoxy groups -OCH3 is 2. The van der Waals surface area contributed by atoms with Crippen molar-refractivity contribution < 1.29 is 24.1 Å². The lowest BCUT2D eigenvalue weighted by Gasteiger charge is -2.06. The van der Waals surface area contributed by atoms with Crippen LogP contribution in [0.15, 0.2) is 47.6 Å². The Bertz CT molecular complexity index is 713. The molecule has 7 heteroatoms. The van der Waals surface area contributed by atoms with Gasteiger partial charge in [0.2, 0.25) is 0 Å². The van der Waals surface area contributed by atoms with Gasteiger partial charge in [-0.05, 0) is 48.0 Å². The number of nitrogens with zero attached hydrogens (tertiary/aromatic N) is 1. The van der Waals surface area contributed by atoms with Crippen molar-refractivity contribution in [1.29, 1.82) is 0 Å². The highest BCUT2D eigenvalue weighted by molar-refractivity contribution is 5.83. The van der Waals surface area contributed by atoms with Crippen molar-refractivity contribution in [2.45, 2.75) is 0 Å². The number of benzene rings is 2. The summed E-state index contributed by atoms with van der Waals surface area (Å²) in [5.74, 6) is 1.22. The van der Waals surface area contributed by atoms with E-state index in [1.165, 1.54) is 19.4 Å². The van der Waals surface area contributed by atoms with Gasteiger partial charge in [0, 0.05) is 0 Å². The average molecular weight is 330 g/mol. The molecule has 2 aromatic rings. The van der Waals surface area contributed by atoms with Gasteiger partial charge >= 0.3 is 0 Å². The predicted octanol–water partition coefficient (Wildman–Crippen LogP) is 1.94. The average Bonchev–Trinajstić information content (AvgIpc) is 2.60. The molecule has 0 bridgehead atoms. The zero-order valence-electron chi connectivity index (χ0n) is 13.4. The number of aromatic hydroxyl groups is 1. The highest BCUT2D eigenvalue weighted by Gasteiger charge is 2.03. The molecule has 0 aliphatic carbocycles. The molecule has 0 aliphatic heterocycles. The Balaban J connectivity index is 1.80. The SMILES string of the molecule is COc1ccc(OCC(=O)NN=Cc2ccc(OC)c(O)c2)cc1. The molecule has 126 valence electrons. The Morgan fingerprint density at radius 2 is 1.83 bits per heavy atom. The molecule has 0 saturated carbocycles. The fourth-order valence-electron chi connectivity index (χ4n) is 1.82. The molecule has 0 atom stereocenters. The maximum atomic E-state index is 11.7. The molecule has 0 radical (unpaired) electrons. The standard InChI is InChI=1S/C17H18N2O5/c1-22-13-4-6-14(7-5-13)24-11-17(21)19-18-10-12-3-8-16(23-2)15(20)9-12/h3-10,20H,11H2,1-2H3,(H,19,21). The number of carbonyl (C=O) groups excluding carboxylic acids is 1. The van der Waals surface area contributed by atoms with E-state index in [1.807, 2.05) is 0 Å². The second kappa shape index (κ2) is 8.42. The van der Waals surface area contributed by atoms with E-state index in [-0.39, 0.29) is 12.4 Å². The van der Waals surface area contributed by atoms with E-state index in [9.17, 15) is 9.90 Å². The fraction of sp³-hybridized carbons (Fsp3) is 0.176. The van der Waals surface area contributed by atoms with Crippen molar-refractivity contribution in [1.82, 2.24) is 5.43 Å². The van der Waals surface area contributed by atoms with Gasteiger partial charge in [0.05, 0.1) is 20.4 Å². The normalized spacial score (nSPS) is 10.4. The molecule has 0 fully saturated rings. The maximum absolute atomic E-state index is 11.7. The molecule has 7 nitrogen and oxygen atoms in total. The molecule has 0 spiro atoms. The van der Waals surface area contributed by atoms with Crippen molar-refractivity contribution in [3.05, 3.63) is 48.0 Å². The number of hydrogen-bond acceptors (Lipinski definition) is 6. The van der Waals surface area contributed by atoms with Crippen LogP contribution >= 0.6 is 0 Å². The fourth-order valence-corrected chi connectivity index (χ4v) is 1.82. The predicted molar refractivity (Wildman–Crippen MR) is 88.9 cm³/mol. The highest BCUT2D eigenvalue weighted by Crippen LogP contribution is 2.25. The monoisotopic (exact) mass is 330 g/mol. The number of phenolic OH excluding ortho intramolecular Hbond substituents is 1. The van der Waals surface area contributed by atoms with Crippen molar-refractivity contribution in [3.63, 3.8) is 0 Å². The van der Waals surface area contributed by atoms with E-state index in [4.69, 9.17) is 14.2 Å². The minimum Gasteiger partial charge on any atom is -0.504 e. The molecule has 2 N–H and O–H groups in total. The van der Waals surface area contributed by atoms with Crippen LogP contribution in [0.3, 0.4) is 0 Å². The summed E-state index contributed by atoms with van der Waals surface area (Å²) in [7, 11) is 3.04. The number of ether oxygens (including phenoxy) is 3. The van der Waals surface area contributed by atoms with Crippen LogP contribution in [-0.2, 0) is 4.79 Å². The van der Waals surface area contributed by atoms with Crippen LogP contribution < -0.4 is 19.6 Å². The first-order valence-corrected chi connectivity index (χ1v) is 7.08. The van der Waals surface area contributed by atoms with Gasteiger partial charge < -0.3 is 19.3 Å². The first-order chi connectivity index (χ1) is 11.6. The molecule has 2 aromatic carbocycles. The van der Waals surface area contributed by atoms with Gasteiger partial charge in [-0.2, -0.15) is 5.10 Å². The van der Waals surface area contributed by atoms with Gasteiger partial charge in [0.15, 0.2) is 18.1 Å². The lowest BCUT2D eigenvalue weighted by Crippen LogP contribution is -2.24. The second-order valence-electron chi connectivity index (χ2n) is 4.69. The molecular weight excluding hydrogens is 312 g/mol. The third-order valence-corrected chi connectivity index (χ3v) is 3.04. The van der Waals surface area contributed by atoms with E-state index >= 15 is 0 Å². The summed E-state index contributed by atoms with van der Waals surface area (Å²) < 4.78 is 15.3. The number of nitrogens with one attached hydrogen (secondary N) is 1. The van der Waals surface area contributed by atoms with E-state index in [0.29, 0.717) is 22.8 Å². The van der Waals surface area contributed by atoms with Crippen LogP contribution in [0, 0.1) is 0 Å². The van der Waals surface area contributed by atoms with E-state index in [0.717, 1.165) is 0 Å². The molecule has 0 saturated heterocycles. The minimum absolute atomic E-state index is 0.00406. The van der Waals surface area contributed by atoms with Gasteiger partial charge in [0.25, 0.3) is 5.91 Å². The van der Waals surface area contributed by atoms with Crippen LogP contribution in [0.1, 0.15) is 5.56 Å². The molecular formula is C17H18N2O5. The zero-order valence-corrected chi connectivity index (χ0v) is 13.4. The van der Waals surface area contributed by atoms with Crippen LogP contribution in [0.5, 0.6) is 23.0 Å². The Morgan fingerprint density at radius 3 is 2.46 bits per heavy atom. The summed E-state index contributed by atoms with van der Waals surface area (Å²) in [5, 5.41) is 13.4. The molecule has 1 amide bonds. The van der Waals surface area contributed by atoms with Crippen LogP contribution in [-0.4, -0.2) is 38.1 Å². The quantitative estimate of drug-likeness (QED) is 0.598. The number of amides is 1. The van der Waals surface area contributed by atoms with Crippen molar-refractivity contribution in [2.75, 3.05) is 20.8 Å². The number of hydrogen-bond donors (Lipinski definition) is 2. The smallest absolute Gasteiger partial charge is 0.277 e. The van der Waals surface area contributed by atoms with Crippen molar-refractivity contribution in [3.8, 4) is 23.0 Å². The van der Waals surface area contributed by atoms with Gasteiger partial charge in [-0.1, -0.05) is 0 Å². The largest absolute Gasteiger partial charge is 0.504 e. The van der Waals surface area contributed by atoms with Crippen LogP contribution in [0.2, 0.25) is 0 Å². The number of hydrazone groups is 1. The Morgan fingerprint density at radius 1 is 1.12 bits per heavy atom. The second-order valence-corrected chi connectivity index (χ2v) is 4.69. The Kier molecular flexibility index (Phi) is 6.01. The minimum atomic E-state index is -0.403. The third-order valence-electron chi connectivity index (χ3n) is 3.04. The Labute approximate surface area is 139 Å². The summed E-state index contributed by atoms with van der Waals surface area (Å²) in [6.45, 7) is -0.169. The molecule has 24 heavy (non-hydrogen) atoms. The number of phenols is 1. The topological polar surface area (TPSA) is 89.4 Å². The first kappa shape index (κ1) is 17.1. The van der Waals surface area contributed by atoms with Gasteiger partial charge in [-0.3, -0.25) is 4.79 Å². The van der Waals surface area contributed by atoms with Crippen molar-refractivity contribution >= 4 is 12.1 Å². The van der Waals surface area contributed by atoms with E-state index in [1.54, 1.807) is 43.5 Å². The van der Waals surface area contributed by atoms with Crippen LogP contribution in [0.25, 0.3) is 0 Å². The van der Waals surface area contributed by atoms with Gasteiger partial charge in [-0.25, -0.2) is 5.43 Å². The summed E-state index contributed by atoms with van der Waals surface area (Å²) in [5.41, 5.74) is 2.96. The van der Waals surface area contributed by atoms with E-state index < -0.39 is 5.91 Å². The molecule has 0 heterocycles. The zero-order chi connectivity index (χ0) is 17.4. The molecule has 2 rings (SSSR count). The number of rotatable bonds is 7. The lowest BCUT2D eigenvalue weighted by atomic mass is 10.2. The van der Waals surface area contributed by atoms with Crippen LogP contribution in [0.4, 0.5) is 0 Å². The highest BCUT2D eigenvalue weighted by atomic mass is 16.5.